The number of fused-ring (bicyclic) bond motifs is 1. The van der Waals surface area contributed by atoms with Gasteiger partial charge in [-0.25, -0.2) is 8.42 Å². The number of sulfonamides is 1. The summed E-state index contributed by atoms with van der Waals surface area (Å²) in [5.74, 6) is -0.343. The van der Waals surface area contributed by atoms with Crippen molar-refractivity contribution in [1.82, 2.24) is 0 Å². The minimum absolute atomic E-state index is 0.00175. The highest BCUT2D eigenvalue weighted by Gasteiger charge is 2.23. The number of Topliss-reactive ketones (excluding diaryl/α,β-unsaturated/α-hetero) is 1. The van der Waals surface area contributed by atoms with Gasteiger partial charge in [-0.1, -0.05) is 29.8 Å². The van der Waals surface area contributed by atoms with Crippen LogP contribution in [0, 0.1) is 6.92 Å². The van der Waals surface area contributed by atoms with Gasteiger partial charge in [0.05, 0.1) is 4.90 Å². The lowest BCUT2D eigenvalue weighted by atomic mass is 10.2. The van der Waals surface area contributed by atoms with Crippen LogP contribution < -0.4 is 4.72 Å². The van der Waals surface area contributed by atoms with Crippen molar-refractivity contribution in [3.05, 3.63) is 59.9 Å². The number of nitrogens with one attached hydrogen (secondary N) is 1. The van der Waals surface area contributed by atoms with Crippen molar-refractivity contribution in [2.24, 2.45) is 0 Å². The van der Waals surface area contributed by atoms with Crippen LogP contribution in [0.5, 0.6) is 0 Å². The summed E-state index contributed by atoms with van der Waals surface area (Å²) in [5, 5.41) is 0.549. The number of carbonyl (C=O) groups is 1. The molecule has 0 saturated carbocycles. The van der Waals surface area contributed by atoms with Crippen LogP contribution in [0.1, 0.15) is 23.0 Å². The summed E-state index contributed by atoms with van der Waals surface area (Å²) in [5.41, 5.74) is 1.59. The van der Waals surface area contributed by atoms with Gasteiger partial charge in [0.2, 0.25) is 0 Å². The van der Waals surface area contributed by atoms with E-state index < -0.39 is 10.0 Å². The van der Waals surface area contributed by atoms with E-state index in [1.807, 2.05) is 6.92 Å². The maximum atomic E-state index is 12.6. The van der Waals surface area contributed by atoms with Crippen molar-refractivity contribution in [2.75, 3.05) is 4.72 Å². The van der Waals surface area contributed by atoms with E-state index in [0.717, 1.165) is 5.56 Å². The van der Waals surface area contributed by atoms with Crippen molar-refractivity contribution >= 4 is 32.5 Å². The van der Waals surface area contributed by atoms with E-state index in [1.165, 1.54) is 19.1 Å². The maximum Gasteiger partial charge on any atom is 0.262 e. The molecule has 118 valence electrons. The highest BCUT2D eigenvalue weighted by atomic mass is 32.2. The van der Waals surface area contributed by atoms with Gasteiger partial charge in [0.15, 0.2) is 11.5 Å². The van der Waals surface area contributed by atoms with Crippen LogP contribution in [0.3, 0.4) is 0 Å². The van der Waals surface area contributed by atoms with Gasteiger partial charge < -0.3 is 4.42 Å². The third-order valence-corrected chi connectivity index (χ3v) is 4.85. The van der Waals surface area contributed by atoms with Gasteiger partial charge in [0.1, 0.15) is 11.3 Å². The summed E-state index contributed by atoms with van der Waals surface area (Å²) < 4.78 is 33.1. The molecule has 3 rings (SSSR count). The smallest absolute Gasteiger partial charge is 0.262 e. The highest BCUT2D eigenvalue weighted by molar-refractivity contribution is 7.92. The third kappa shape index (κ3) is 2.85. The number of anilines is 1. The summed E-state index contributed by atoms with van der Waals surface area (Å²) in [7, 11) is -3.81. The molecule has 3 aromatic rings. The SMILES string of the molecule is CC(=O)c1oc2ccccc2c1NS(=O)(=O)c1ccc(C)cc1. The molecule has 0 aliphatic rings. The largest absolute Gasteiger partial charge is 0.451 e. The zero-order chi connectivity index (χ0) is 16.6. The lowest BCUT2D eigenvalue weighted by molar-refractivity contribution is 0.0990. The average molecular weight is 329 g/mol. The van der Waals surface area contributed by atoms with Gasteiger partial charge in [0.25, 0.3) is 10.0 Å². The molecular weight excluding hydrogens is 314 g/mol. The predicted molar refractivity (Wildman–Crippen MR) is 88.2 cm³/mol. The maximum absolute atomic E-state index is 12.6. The van der Waals surface area contributed by atoms with Crippen LogP contribution >= 0.6 is 0 Å². The fraction of sp³-hybridized carbons (Fsp3) is 0.118. The Labute approximate surface area is 134 Å². The topological polar surface area (TPSA) is 76.4 Å². The molecule has 6 heteroatoms. The Morgan fingerprint density at radius 1 is 1.04 bits per heavy atom. The second kappa shape index (κ2) is 5.55. The Morgan fingerprint density at radius 2 is 1.70 bits per heavy atom. The summed E-state index contributed by atoms with van der Waals surface area (Å²) in [4.78, 5) is 11.9. The van der Waals surface area contributed by atoms with Crippen molar-refractivity contribution in [3.63, 3.8) is 0 Å². The molecule has 0 aliphatic carbocycles. The van der Waals surface area contributed by atoms with Gasteiger partial charge in [-0.15, -0.1) is 0 Å². The standard InChI is InChI=1S/C17H15NO4S/c1-11-7-9-13(10-8-11)23(20,21)18-16-14-5-3-4-6-15(14)22-17(16)12(2)19/h3-10,18H,1-2H3. The van der Waals surface area contributed by atoms with Crippen molar-refractivity contribution in [1.29, 1.82) is 0 Å². The molecule has 0 spiro atoms. The first kappa shape index (κ1) is 15.3. The van der Waals surface area contributed by atoms with Gasteiger partial charge >= 0.3 is 0 Å². The van der Waals surface area contributed by atoms with E-state index in [9.17, 15) is 13.2 Å². The molecule has 0 atom stereocenters. The Kier molecular flexibility index (Phi) is 3.69. The number of rotatable bonds is 4. The number of hydrogen-bond donors (Lipinski definition) is 1. The first-order chi connectivity index (χ1) is 10.9. The summed E-state index contributed by atoms with van der Waals surface area (Å²) in [6, 6.07) is 13.4. The molecule has 0 aliphatic heterocycles. The van der Waals surface area contributed by atoms with Crippen LogP contribution in [0.15, 0.2) is 57.8 Å². The number of aryl methyl sites for hydroxylation is 1. The Balaban J connectivity index is 2.12. The van der Waals surface area contributed by atoms with Crippen LogP contribution in [0.25, 0.3) is 11.0 Å². The number of para-hydroxylation sites is 1. The number of carbonyl (C=O) groups excluding carboxylic acids is 1. The molecule has 0 unspecified atom stereocenters. The van der Waals surface area contributed by atoms with E-state index in [4.69, 9.17) is 4.42 Å². The number of ketones is 1. The molecule has 0 radical (unpaired) electrons. The molecule has 2 aromatic carbocycles. The minimum Gasteiger partial charge on any atom is -0.451 e. The molecule has 0 amide bonds. The zero-order valence-corrected chi connectivity index (χ0v) is 13.5. The average Bonchev–Trinajstić information content (AvgIpc) is 2.86. The van der Waals surface area contributed by atoms with E-state index in [-0.39, 0.29) is 22.1 Å². The van der Waals surface area contributed by atoms with Gasteiger partial charge in [-0.05, 0) is 31.2 Å². The van der Waals surface area contributed by atoms with Crippen molar-refractivity contribution in [2.45, 2.75) is 18.7 Å². The molecule has 0 bridgehead atoms. The second-order valence-electron chi connectivity index (χ2n) is 5.28. The first-order valence-corrected chi connectivity index (χ1v) is 8.49. The van der Waals surface area contributed by atoms with Gasteiger partial charge in [-0.3, -0.25) is 9.52 Å². The molecule has 1 heterocycles. The molecule has 23 heavy (non-hydrogen) atoms. The summed E-state index contributed by atoms with van der Waals surface area (Å²) >= 11 is 0. The number of benzene rings is 2. The van der Waals surface area contributed by atoms with Crippen LogP contribution in [-0.4, -0.2) is 14.2 Å². The molecule has 0 saturated heterocycles. The van der Waals surface area contributed by atoms with Crippen LogP contribution in [0.4, 0.5) is 5.69 Å². The fourth-order valence-electron chi connectivity index (χ4n) is 2.31. The quantitative estimate of drug-likeness (QED) is 0.740. The summed E-state index contributed by atoms with van der Waals surface area (Å²) in [6.45, 7) is 3.21. The lowest BCUT2D eigenvalue weighted by Gasteiger charge is -2.08. The van der Waals surface area contributed by atoms with E-state index >= 15 is 0 Å². The molecular formula is C17H15NO4S. The molecule has 5 nitrogen and oxygen atoms in total. The fourth-order valence-corrected chi connectivity index (χ4v) is 3.39. The van der Waals surface area contributed by atoms with Crippen molar-refractivity contribution in [3.8, 4) is 0 Å². The number of hydrogen-bond acceptors (Lipinski definition) is 4. The monoisotopic (exact) mass is 329 g/mol. The van der Waals surface area contributed by atoms with E-state index in [2.05, 4.69) is 4.72 Å². The van der Waals surface area contributed by atoms with Crippen LogP contribution in [0.2, 0.25) is 0 Å². The Bertz CT molecular complexity index is 985. The number of furan rings is 1. The lowest BCUT2D eigenvalue weighted by Crippen LogP contribution is -2.14. The van der Waals surface area contributed by atoms with Crippen LogP contribution in [-0.2, 0) is 10.0 Å². The second-order valence-corrected chi connectivity index (χ2v) is 6.96. The van der Waals surface area contributed by atoms with Gasteiger partial charge in [0, 0.05) is 12.3 Å². The van der Waals surface area contributed by atoms with E-state index in [0.29, 0.717) is 11.0 Å². The molecule has 1 N–H and O–H groups in total. The minimum atomic E-state index is -3.81. The third-order valence-electron chi connectivity index (χ3n) is 3.48. The Morgan fingerprint density at radius 3 is 2.35 bits per heavy atom. The van der Waals surface area contributed by atoms with E-state index in [1.54, 1.807) is 36.4 Å². The predicted octanol–water partition coefficient (Wildman–Crippen LogP) is 3.74. The molecule has 0 fully saturated rings. The Hall–Kier alpha value is -2.60. The molecule has 1 aromatic heterocycles. The summed E-state index contributed by atoms with van der Waals surface area (Å²) in [6.07, 6.45) is 0. The zero-order valence-electron chi connectivity index (χ0n) is 12.7. The normalized spacial score (nSPS) is 11.6. The van der Waals surface area contributed by atoms with Gasteiger partial charge in [-0.2, -0.15) is 0 Å². The van der Waals surface area contributed by atoms with Crippen molar-refractivity contribution < 1.29 is 17.6 Å². The highest BCUT2D eigenvalue weighted by Crippen LogP contribution is 2.32. The first-order valence-electron chi connectivity index (χ1n) is 7.00.